The molecule has 0 aliphatic rings. The molecule has 3 heterocycles. The van der Waals surface area contributed by atoms with Crippen LogP contribution in [0, 0.1) is 6.92 Å². The topological polar surface area (TPSA) is 116 Å². The van der Waals surface area contributed by atoms with Crippen LogP contribution in [0.25, 0.3) is 17.2 Å². The average molecular weight is 574 g/mol. The van der Waals surface area contributed by atoms with E-state index < -0.39 is 10.0 Å². The Kier molecular flexibility index (Phi) is 8.06. The molecule has 1 N–H and O–H groups in total. The van der Waals surface area contributed by atoms with Gasteiger partial charge in [0.1, 0.15) is 19.5 Å². The van der Waals surface area contributed by atoms with Crippen LogP contribution >= 0.6 is 27.3 Å². The van der Waals surface area contributed by atoms with E-state index in [-0.39, 0.29) is 30.9 Å². The van der Waals surface area contributed by atoms with E-state index in [0.717, 1.165) is 20.3 Å². The summed E-state index contributed by atoms with van der Waals surface area (Å²) in [5.74, 6) is 0.316. The van der Waals surface area contributed by atoms with Crippen molar-refractivity contribution in [2.45, 2.75) is 6.92 Å². The number of aromatic nitrogens is 4. The Morgan fingerprint density at radius 1 is 1.03 bits per heavy atom. The highest BCUT2D eigenvalue weighted by atomic mass is 79.9. The number of nitrogens with zero attached hydrogens (tertiary/aromatic N) is 4. The van der Waals surface area contributed by atoms with E-state index in [1.165, 1.54) is 23.7 Å². The van der Waals surface area contributed by atoms with Crippen molar-refractivity contribution < 1.29 is 17.9 Å². The molecule has 0 bridgehead atoms. The van der Waals surface area contributed by atoms with Gasteiger partial charge < -0.3 is 9.47 Å². The first kappa shape index (κ1) is 24.8. The van der Waals surface area contributed by atoms with Crippen LogP contribution in [0.2, 0.25) is 0 Å². The summed E-state index contributed by atoms with van der Waals surface area (Å²) in [5.41, 5.74) is 2.17. The summed E-state index contributed by atoms with van der Waals surface area (Å²) in [6, 6.07) is 11.4. The maximum absolute atomic E-state index is 12.8. The molecule has 35 heavy (non-hydrogen) atoms. The number of nitrogens with one attached hydrogen (secondary N) is 1. The maximum atomic E-state index is 12.8. The van der Waals surface area contributed by atoms with E-state index in [1.807, 2.05) is 48.7 Å². The zero-order chi connectivity index (χ0) is 24.7. The fraction of sp³-hybridized carbons (Fsp3) is 0.130. The summed E-state index contributed by atoms with van der Waals surface area (Å²) < 4.78 is 40.1. The molecule has 0 saturated heterocycles. The number of sulfonamides is 1. The SMILES string of the molecule is Cc1ccc(-c2c(NS(=O)(=O)C=Cc3cccs3)ncnc2OCCOc2ncc(Br)cn2)cc1. The molecular weight excluding hydrogens is 554 g/mol. The lowest BCUT2D eigenvalue weighted by atomic mass is 10.1. The molecule has 1 aromatic carbocycles. The molecule has 4 rings (SSSR count). The fourth-order valence-electron chi connectivity index (χ4n) is 2.89. The fourth-order valence-corrected chi connectivity index (χ4v) is 4.62. The molecule has 3 aromatic heterocycles. The first-order valence-electron chi connectivity index (χ1n) is 10.3. The molecule has 0 fully saturated rings. The van der Waals surface area contributed by atoms with Crippen LogP contribution < -0.4 is 14.2 Å². The van der Waals surface area contributed by atoms with Crippen LogP contribution in [0.3, 0.4) is 0 Å². The molecule has 0 unspecified atom stereocenters. The zero-order valence-electron chi connectivity index (χ0n) is 18.5. The van der Waals surface area contributed by atoms with Gasteiger partial charge in [-0.1, -0.05) is 35.9 Å². The Labute approximate surface area is 215 Å². The van der Waals surface area contributed by atoms with Crippen molar-refractivity contribution in [1.82, 2.24) is 19.9 Å². The number of hydrogen-bond donors (Lipinski definition) is 1. The van der Waals surface area contributed by atoms with Gasteiger partial charge in [-0.3, -0.25) is 4.72 Å². The van der Waals surface area contributed by atoms with Crippen molar-refractivity contribution in [3.05, 3.63) is 80.8 Å². The summed E-state index contributed by atoms with van der Waals surface area (Å²) in [7, 11) is -3.85. The second-order valence-electron chi connectivity index (χ2n) is 7.11. The summed E-state index contributed by atoms with van der Waals surface area (Å²) in [5, 5.41) is 2.97. The van der Waals surface area contributed by atoms with Crippen molar-refractivity contribution in [1.29, 1.82) is 0 Å². The van der Waals surface area contributed by atoms with Crippen molar-refractivity contribution in [3.8, 4) is 23.0 Å². The van der Waals surface area contributed by atoms with Crippen LogP contribution in [0.15, 0.2) is 70.4 Å². The molecule has 9 nitrogen and oxygen atoms in total. The molecule has 12 heteroatoms. The van der Waals surface area contributed by atoms with E-state index in [2.05, 4.69) is 40.6 Å². The third-order valence-corrected chi connectivity index (χ3v) is 6.72. The zero-order valence-corrected chi connectivity index (χ0v) is 21.7. The van der Waals surface area contributed by atoms with Crippen molar-refractivity contribution in [2.75, 3.05) is 17.9 Å². The highest BCUT2D eigenvalue weighted by Gasteiger charge is 2.19. The Bertz CT molecular complexity index is 1400. The van der Waals surface area contributed by atoms with Gasteiger partial charge in [0.05, 0.1) is 15.4 Å². The number of benzene rings is 1. The van der Waals surface area contributed by atoms with Gasteiger partial charge in [-0.2, -0.15) is 0 Å². The first-order valence-corrected chi connectivity index (χ1v) is 13.5. The minimum absolute atomic E-state index is 0.104. The van der Waals surface area contributed by atoms with Gasteiger partial charge in [-0.25, -0.2) is 28.4 Å². The third-order valence-electron chi connectivity index (χ3n) is 4.50. The predicted octanol–water partition coefficient (Wildman–Crippen LogP) is 4.94. The number of aryl methyl sites for hydroxylation is 1. The van der Waals surface area contributed by atoms with Gasteiger partial charge >= 0.3 is 6.01 Å². The van der Waals surface area contributed by atoms with Crippen LogP contribution in [0.1, 0.15) is 10.4 Å². The Balaban J connectivity index is 1.55. The second kappa shape index (κ2) is 11.4. The number of ether oxygens (including phenoxy) is 2. The van der Waals surface area contributed by atoms with E-state index in [4.69, 9.17) is 9.47 Å². The highest BCUT2D eigenvalue weighted by Crippen LogP contribution is 2.34. The van der Waals surface area contributed by atoms with Crippen molar-refractivity contribution in [3.63, 3.8) is 0 Å². The quantitative estimate of drug-likeness (QED) is 0.265. The van der Waals surface area contributed by atoms with Crippen molar-refractivity contribution >= 4 is 49.2 Å². The molecule has 0 saturated carbocycles. The minimum atomic E-state index is -3.85. The van der Waals surface area contributed by atoms with Gasteiger partial charge in [0.15, 0.2) is 5.82 Å². The molecule has 0 atom stereocenters. The predicted molar refractivity (Wildman–Crippen MR) is 139 cm³/mol. The maximum Gasteiger partial charge on any atom is 0.316 e. The number of halogens is 1. The number of thiophene rings is 1. The van der Waals surface area contributed by atoms with E-state index in [9.17, 15) is 8.42 Å². The van der Waals surface area contributed by atoms with E-state index in [0.29, 0.717) is 11.1 Å². The summed E-state index contributed by atoms with van der Waals surface area (Å²) in [6.45, 7) is 2.24. The van der Waals surface area contributed by atoms with Crippen LogP contribution in [-0.2, 0) is 10.0 Å². The summed E-state index contributed by atoms with van der Waals surface area (Å²) in [6.07, 6.45) is 5.92. The van der Waals surface area contributed by atoms with Gasteiger partial charge in [-0.15, -0.1) is 11.3 Å². The van der Waals surface area contributed by atoms with Crippen LogP contribution in [0.5, 0.6) is 11.9 Å². The lowest BCUT2D eigenvalue weighted by Gasteiger charge is -2.15. The van der Waals surface area contributed by atoms with Gasteiger partial charge in [-0.05, 0) is 45.9 Å². The molecule has 180 valence electrons. The molecular formula is C23H20BrN5O4S2. The molecule has 0 aliphatic heterocycles. The standard InChI is InChI=1S/C23H20BrN5O4S2/c1-16-4-6-17(7-5-16)20-21(29-35(30,31)12-8-19-3-2-11-34-19)27-15-28-22(20)32-9-10-33-23-25-13-18(24)14-26-23/h2-8,11-15H,9-10H2,1H3,(H,27,28,29). The van der Waals surface area contributed by atoms with Gasteiger partial charge in [0.2, 0.25) is 5.88 Å². The van der Waals surface area contributed by atoms with Gasteiger partial charge in [0.25, 0.3) is 10.0 Å². The molecule has 0 amide bonds. The summed E-state index contributed by atoms with van der Waals surface area (Å²) in [4.78, 5) is 17.3. The van der Waals surface area contributed by atoms with Crippen molar-refractivity contribution in [2.24, 2.45) is 0 Å². The van der Waals surface area contributed by atoms with Gasteiger partial charge in [0, 0.05) is 17.3 Å². The normalized spacial score (nSPS) is 11.5. The average Bonchev–Trinajstić information content (AvgIpc) is 3.36. The lowest BCUT2D eigenvalue weighted by Crippen LogP contribution is -2.14. The number of hydrogen-bond acceptors (Lipinski definition) is 9. The lowest BCUT2D eigenvalue weighted by molar-refractivity contribution is 0.202. The Hall–Kier alpha value is -3.35. The monoisotopic (exact) mass is 573 g/mol. The molecule has 4 aromatic rings. The largest absolute Gasteiger partial charge is 0.473 e. The Morgan fingerprint density at radius 3 is 2.49 bits per heavy atom. The van der Waals surface area contributed by atoms with E-state index in [1.54, 1.807) is 12.4 Å². The van der Waals surface area contributed by atoms with E-state index >= 15 is 0 Å². The number of anilines is 1. The minimum Gasteiger partial charge on any atom is -0.473 e. The number of rotatable bonds is 10. The highest BCUT2D eigenvalue weighted by molar-refractivity contribution is 9.10. The molecule has 0 spiro atoms. The first-order chi connectivity index (χ1) is 16.9. The smallest absolute Gasteiger partial charge is 0.316 e. The Morgan fingerprint density at radius 2 is 1.77 bits per heavy atom. The molecule has 0 aliphatic carbocycles. The second-order valence-corrected chi connectivity index (χ2v) is 10.6. The molecule has 0 radical (unpaired) electrons. The third kappa shape index (κ3) is 7.07. The summed E-state index contributed by atoms with van der Waals surface area (Å²) >= 11 is 4.70. The van der Waals surface area contributed by atoms with Crippen LogP contribution in [-0.4, -0.2) is 41.6 Å². The van der Waals surface area contributed by atoms with Crippen LogP contribution in [0.4, 0.5) is 5.82 Å².